The summed E-state index contributed by atoms with van der Waals surface area (Å²) in [4.78, 5) is 0. The van der Waals surface area contributed by atoms with Gasteiger partial charge in [-0.25, -0.2) is 0 Å². The summed E-state index contributed by atoms with van der Waals surface area (Å²) in [5.41, 5.74) is 2.34. The van der Waals surface area contributed by atoms with Crippen LogP contribution in [0.2, 0.25) is 0 Å². The molecular weight excluding hydrogens is 760 g/mol. The van der Waals surface area contributed by atoms with Gasteiger partial charge in [0.15, 0.2) is 0 Å². The Morgan fingerprint density at radius 2 is 1.19 bits per heavy atom. The van der Waals surface area contributed by atoms with E-state index in [1.54, 1.807) is 24.3 Å². The van der Waals surface area contributed by atoms with Gasteiger partial charge in [0, 0.05) is 0 Å². The van der Waals surface area contributed by atoms with E-state index >= 15 is 0 Å². The van der Waals surface area contributed by atoms with E-state index in [0.717, 1.165) is 34.4 Å². The quantitative estimate of drug-likeness (QED) is 0.143. The van der Waals surface area contributed by atoms with E-state index in [-0.39, 0.29) is 17.2 Å². The van der Waals surface area contributed by atoms with Gasteiger partial charge in [-0.1, -0.05) is 0 Å². The van der Waals surface area contributed by atoms with Crippen molar-refractivity contribution in [1.82, 2.24) is 0 Å². The zero-order valence-corrected chi connectivity index (χ0v) is 27.1. The van der Waals surface area contributed by atoms with E-state index in [9.17, 15) is 26.3 Å². The zero-order chi connectivity index (χ0) is 30.1. The van der Waals surface area contributed by atoms with Gasteiger partial charge < -0.3 is 0 Å². The number of alkyl halides is 6. The minimum atomic E-state index is -5.08. The summed E-state index contributed by atoms with van der Waals surface area (Å²) in [6.45, 7) is 1.98. The van der Waals surface area contributed by atoms with Gasteiger partial charge in [0.25, 0.3) is 0 Å². The molecule has 2 aliphatic rings. The fourth-order valence-electron chi connectivity index (χ4n) is 6.25. The fraction of sp³-hybridized carbons (Fsp3) is 0.152. The van der Waals surface area contributed by atoms with Crippen LogP contribution in [0.3, 0.4) is 0 Å². The first kappa shape index (κ1) is 29.5. The average Bonchev–Trinajstić information content (AvgIpc) is 3.50. The third-order valence-electron chi connectivity index (χ3n) is 8.30. The second kappa shape index (κ2) is 10.2. The molecule has 0 heterocycles. The van der Waals surface area contributed by atoms with Gasteiger partial charge in [0.2, 0.25) is 0 Å². The third-order valence-corrected chi connectivity index (χ3v) is 29.6. The number of hydrogen-bond donors (Lipinski definition) is 0. The molecule has 2 aliphatic carbocycles. The van der Waals surface area contributed by atoms with Crippen LogP contribution in [-0.2, 0) is 33.1 Å². The Hall–Kier alpha value is -2.61. The Morgan fingerprint density at radius 3 is 1.81 bits per heavy atom. The summed E-state index contributed by atoms with van der Waals surface area (Å²) in [6.07, 6.45) is -6.29. The third kappa shape index (κ3) is 4.72. The number of halogens is 8. The first-order valence-corrected chi connectivity index (χ1v) is 25.9. The molecule has 214 valence electrons. The van der Waals surface area contributed by atoms with E-state index in [1.807, 2.05) is 73.7 Å². The van der Waals surface area contributed by atoms with Crippen molar-refractivity contribution in [2.24, 2.45) is 0 Å². The predicted molar refractivity (Wildman–Crippen MR) is 153 cm³/mol. The van der Waals surface area contributed by atoms with Crippen molar-refractivity contribution in [3.05, 3.63) is 142 Å². The molecule has 0 N–H and O–H groups in total. The SMILES string of the molecule is C[C]1([Hf]([Cl])([Cl])[CH]2C(c3cc(C(F)(F)F)cc(C(F)(F)F)c3)=Cc3ccccc32)C(c2ccccc2)=Cc2ccccc21. The summed E-state index contributed by atoms with van der Waals surface area (Å²) < 4.78 is 81.7. The Balaban J connectivity index is 1.60. The molecular formula is C33H22Cl2F6Hf. The molecule has 0 bridgehead atoms. The van der Waals surface area contributed by atoms with Crippen molar-refractivity contribution in [2.75, 3.05) is 0 Å². The van der Waals surface area contributed by atoms with Crippen LogP contribution in [-0.4, -0.2) is 0 Å². The second-order valence-electron chi connectivity index (χ2n) is 10.7. The van der Waals surface area contributed by atoms with Crippen molar-refractivity contribution < 1.29 is 43.9 Å². The van der Waals surface area contributed by atoms with Crippen molar-refractivity contribution in [1.29, 1.82) is 0 Å². The fourth-order valence-corrected chi connectivity index (χ4v) is 24.3. The normalized spacial score (nSPS) is 20.2. The molecule has 9 heteroatoms. The van der Waals surface area contributed by atoms with Gasteiger partial charge in [-0.2, -0.15) is 0 Å². The monoisotopic (exact) mass is 782 g/mol. The number of benzene rings is 4. The van der Waals surface area contributed by atoms with Gasteiger partial charge in [0.1, 0.15) is 0 Å². The minimum absolute atomic E-state index is 0.144. The molecule has 2 atom stereocenters. The number of rotatable bonds is 4. The van der Waals surface area contributed by atoms with Crippen LogP contribution in [0.5, 0.6) is 0 Å². The van der Waals surface area contributed by atoms with E-state index in [1.165, 1.54) is 0 Å². The van der Waals surface area contributed by atoms with E-state index in [4.69, 9.17) is 17.2 Å². The summed E-state index contributed by atoms with van der Waals surface area (Å²) >= 11 is -5.08. The molecule has 0 radical (unpaired) electrons. The molecule has 0 saturated heterocycles. The van der Waals surface area contributed by atoms with Crippen LogP contribution in [0.4, 0.5) is 26.3 Å². The molecule has 2 unspecified atom stereocenters. The number of hydrogen-bond acceptors (Lipinski definition) is 0. The Labute approximate surface area is 250 Å². The van der Waals surface area contributed by atoms with Crippen molar-refractivity contribution in [3.8, 4) is 0 Å². The van der Waals surface area contributed by atoms with Crippen LogP contribution in [0, 0.1) is 0 Å². The molecule has 0 aliphatic heterocycles. The summed E-state index contributed by atoms with van der Waals surface area (Å²) in [5, 5.41) is 0. The molecule has 0 spiro atoms. The van der Waals surface area contributed by atoms with Crippen LogP contribution in [0.1, 0.15) is 55.1 Å². The maximum atomic E-state index is 13.9. The average molecular weight is 782 g/mol. The van der Waals surface area contributed by atoms with Crippen LogP contribution in [0.25, 0.3) is 23.3 Å². The first-order valence-electron chi connectivity index (χ1n) is 13.1. The maximum absolute atomic E-state index is 13.9. The predicted octanol–water partition coefficient (Wildman–Crippen LogP) is 11.3. The Kier molecular flexibility index (Phi) is 7.18. The van der Waals surface area contributed by atoms with E-state index < -0.39 is 47.9 Å². The van der Waals surface area contributed by atoms with Gasteiger partial charge in [-0.05, 0) is 0 Å². The van der Waals surface area contributed by atoms with Crippen molar-refractivity contribution in [3.63, 3.8) is 0 Å². The van der Waals surface area contributed by atoms with Gasteiger partial charge >= 0.3 is 252 Å². The number of allylic oxidation sites excluding steroid dienone is 2. The molecule has 0 aromatic heterocycles. The Bertz CT molecular complexity index is 1720. The standard InChI is InChI=1S/C17H9F6.C16H13.2ClH.Hf/c18-16(19,20)14-7-13(8-15(9-14)17(21,22)23)12-5-10-3-1-2-4-11(10)6-12;1-12-15-10-6-5-9-14(15)11-16(12)13-7-3-2-4-8-13;;;/h1-9H;2-11H,1H3;2*1H;/q;;;;+2/p-2. The van der Waals surface area contributed by atoms with E-state index in [2.05, 4.69) is 0 Å². The number of fused-ring (bicyclic) bond motifs is 2. The first-order chi connectivity index (χ1) is 19.7. The van der Waals surface area contributed by atoms with Gasteiger partial charge in [0.05, 0.1) is 0 Å². The van der Waals surface area contributed by atoms with Gasteiger partial charge in [-0.15, -0.1) is 0 Å². The topological polar surface area (TPSA) is 0 Å². The van der Waals surface area contributed by atoms with E-state index in [0.29, 0.717) is 11.1 Å². The van der Waals surface area contributed by atoms with Crippen LogP contribution in [0.15, 0.2) is 97.1 Å². The van der Waals surface area contributed by atoms with Crippen molar-refractivity contribution in [2.45, 2.75) is 26.1 Å². The molecule has 0 nitrogen and oxygen atoms in total. The summed E-state index contributed by atoms with van der Waals surface area (Å²) in [6, 6.07) is 26.2. The molecule has 4 aromatic rings. The van der Waals surface area contributed by atoms with Crippen molar-refractivity contribution >= 4 is 40.5 Å². The zero-order valence-electron chi connectivity index (χ0n) is 22.0. The van der Waals surface area contributed by atoms with Crippen LogP contribution >= 0.6 is 17.2 Å². The molecule has 42 heavy (non-hydrogen) atoms. The molecule has 4 aromatic carbocycles. The molecule has 0 amide bonds. The Morgan fingerprint density at radius 1 is 0.643 bits per heavy atom. The van der Waals surface area contributed by atoms with Crippen LogP contribution < -0.4 is 0 Å². The van der Waals surface area contributed by atoms with Gasteiger partial charge in [-0.3, -0.25) is 0 Å². The molecule has 6 rings (SSSR count). The molecule has 0 fully saturated rings. The second-order valence-corrected chi connectivity index (χ2v) is 32.2. The molecule has 0 saturated carbocycles. The summed E-state index contributed by atoms with van der Waals surface area (Å²) in [5.74, 6) is 0. The summed E-state index contributed by atoms with van der Waals surface area (Å²) in [7, 11) is 15.5.